The summed E-state index contributed by atoms with van der Waals surface area (Å²) in [7, 11) is -4.06. The Labute approximate surface area is 173 Å². The number of hydrogen-bond acceptors (Lipinski definition) is 3. The van der Waals surface area contributed by atoms with Gasteiger partial charge in [0, 0.05) is 6.54 Å². The Morgan fingerprint density at radius 1 is 0.800 bits per heavy atom. The van der Waals surface area contributed by atoms with Crippen LogP contribution in [0.3, 0.4) is 0 Å². The monoisotopic (exact) mass is 430 g/mol. The highest BCUT2D eigenvalue weighted by atomic mass is 32.2. The summed E-state index contributed by atoms with van der Waals surface area (Å²) in [5.74, 6) is -1.49. The smallest absolute Gasteiger partial charge is 0.241 e. The van der Waals surface area contributed by atoms with Crippen LogP contribution in [-0.4, -0.2) is 20.4 Å². The van der Waals surface area contributed by atoms with Gasteiger partial charge in [0.15, 0.2) is 0 Å². The molecular formula is C22H20F2N2O3S. The molecule has 0 aliphatic heterocycles. The molecule has 5 nitrogen and oxygen atoms in total. The minimum atomic E-state index is -4.06. The van der Waals surface area contributed by atoms with Gasteiger partial charge in [-0.1, -0.05) is 42.5 Å². The van der Waals surface area contributed by atoms with E-state index in [0.717, 1.165) is 29.8 Å². The molecule has 1 atom stereocenters. The Kier molecular flexibility index (Phi) is 6.91. The average Bonchev–Trinajstić information content (AvgIpc) is 2.73. The van der Waals surface area contributed by atoms with E-state index in [4.69, 9.17) is 0 Å². The van der Waals surface area contributed by atoms with Gasteiger partial charge < -0.3 is 5.32 Å². The third-order valence-corrected chi connectivity index (χ3v) is 5.89. The molecule has 0 radical (unpaired) electrons. The summed E-state index contributed by atoms with van der Waals surface area (Å²) in [5, 5.41) is 2.67. The summed E-state index contributed by atoms with van der Waals surface area (Å²) in [6, 6.07) is 17.8. The second-order valence-electron chi connectivity index (χ2n) is 6.66. The number of sulfonamides is 1. The van der Waals surface area contributed by atoms with E-state index in [0.29, 0.717) is 5.56 Å². The average molecular weight is 430 g/mol. The summed E-state index contributed by atoms with van der Waals surface area (Å²) in [4.78, 5) is 12.6. The predicted octanol–water partition coefficient (Wildman–Crippen LogP) is 3.17. The first-order chi connectivity index (χ1) is 14.3. The normalized spacial score (nSPS) is 12.3. The van der Waals surface area contributed by atoms with Crippen LogP contribution < -0.4 is 10.0 Å². The molecule has 1 amide bonds. The molecule has 0 saturated heterocycles. The third kappa shape index (κ3) is 5.95. The molecule has 0 aliphatic rings. The first kappa shape index (κ1) is 21.6. The largest absolute Gasteiger partial charge is 0.351 e. The van der Waals surface area contributed by atoms with Crippen molar-refractivity contribution in [2.45, 2.75) is 23.9 Å². The number of rotatable bonds is 8. The van der Waals surface area contributed by atoms with Gasteiger partial charge in [0.2, 0.25) is 15.9 Å². The maximum absolute atomic E-state index is 13.1. The molecule has 0 spiro atoms. The zero-order chi connectivity index (χ0) is 21.6. The second-order valence-corrected chi connectivity index (χ2v) is 8.38. The highest BCUT2D eigenvalue weighted by molar-refractivity contribution is 7.89. The van der Waals surface area contributed by atoms with E-state index in [-0.39, 0.29) is 23.7 Å². The molecule has 3 rings (SSSR count). The summed E-state index contributed by atoms with van der Waals surface area (Å²) in [6.07, 6.45) is 0.122. The molecular weight excluding hydrogens is 410 g/mol. The Morgan fingerprint density at radius 3 is 1.97 bits per heavy atom. The van der Waals surface area contributed by atoms with E-state index in [2.05, 4.69) is 10.0 Å². The molecule has 0 heterocycles. The fourth-order valence-electron chi connectivity index (χ4n) is 2.82. The standard InChI is InChI=1S/C22H20F2N2O3S/c23-18-8-6-17(7-9-18)15-25-22(27)21(14-16-4-2-1-3-5-16)26-30(28,29)20-12-10-19(24)11-13-20/h1-13,21,26H,14-15H2,(H,25,27). The van der Waals surface area contributed by atoms with Gasteiger partial charge in [0.25, 0.3) is 0 Å². The Morgan fingerprint density at radius 2 is 1.37 bits per heavy atom. The number of amides is 1. The van der Waals surface area contributed by atoms with Crippen molar-refractivity contribution in [2.75, 3.05) is 0 Å². The quantitative estimate of drug-likeness (QED) is 0.577. The van der Waals surface area contributed by atoms with Gasteiger partial charge in [-0.3, -0.25) is 4.79 Å². The van der Waals surface area contributed by atoms with Gasteiger partial charge in [-0.25, -0.2) is 17.2 Å². The molecule has 3 aromatic rings. The summed E-state index contributed by atoms with van der Waals surface area (Å²) < 4.78 is 54.0. The van der Waals surface area contributed by atoms with Gasteiger partial charge in [0.05, 0.1) is 4.90 Å². The fraction of sp³-hybridized carbons (Fsp3) is 0.136. The van der Waals surface area contributed by atoms with Crippen molar-refractivity contribution in [1.82, 2.24) is 10.0 Å². The highest BCUT2D eigenvalue weighted by Crippen LogP contribution is 2.13. The zero-order valence-corrected chi connectivity index (χ0v) is 16.7. The van der Waals surface area contributed by atoms with Crippen LogP contribution in [0.1, 0.15) is 11.1 Å². The van der Waals surface area contributed by atoms with Gasteiger partial charge in [-0.2, -0.15) is 4.72 Å². The van der Waals surface area contributed by atoms with Gasteiger partial charge >= 0.3 is 0 Å². The lowest BCUT2D eigenvalue weighted by Crippen LogP contribution is -2.47. The van der Waals surface area contributed by atoms with E-state index >= 15 is 0 Å². The number of halogens is 2. The van der Waals surface area contributed by atoms with E-state index in [9.17, 15) is 22.0 Å². The number of hydrogen-bond donors (Lipinski definition) is 2. The molecule has 0 bridgehead atoms. The van der Waals surface area contributed by atoms with E-state index in [1.807, 2.05) is 6.07 Å². The van der Waals surface area contributed by atoms with E-state index in [1.54, 1.807) is 24.3 Å². The van der Waals surface area contributed by atoms with Gasteiger partial charge in [-0.15, -0.1) is 0 Å². The van der Waals surface area contributed by atoms with Crippen molar-refractivity contribution in [1.29, 1.82) is 0 Å². The van der Waals surface area contributed by atoms with Crippen LogP contribution in [0.2, 0.25) is 0 Å². The number of nitrogens with one attached hydrogen (secondary N) is 2. The molecule has 1 unspecified atom stereocenters. The van der Waals surface area contributed by atoms with Crippen LogP contribution >= 0.6 is 0 Å². The minimum Gasteiger partial charge on any atom is -0.351 e. The Balaban J connectivity index is 1.77. The van der Waals surface area contributed by atoms with Crippen molar-refractivity contribution in [3.63, 3.8) is 0 Å². The maximum atomic E-state index is 13.1. The lowest BCUT2D eigenvalue weighted by Gasteiger charge is -2.19. The van der Waals surface area contributed by atoms with Crippen molar-refractivity contribution >= 4 is 15.9 Å². The first-order valence-electron chi connectivity index (χ1n) is 9.17. The summed E-state index contributed by atoms with van der Waals surface area (Å²) in [6.45, 7) is 0.114. The molecule has 30 heavy (non-hydrogen) atoms. The maximum Gasteiger partial charge on any atom is 0.241 e. The molecule has 2 N–H and O–H groups in total. The number of carbonyl (C=O) groups excluding carboxylic acids is 1. The molecule has 0 saturated carbocycles. The topological polar surface area (TPSA) is 75.3 Å². The summed E-state index contributed by atoms with van der Waals surface area (Å²) in [5.41, 5.74) is 1.44. The number of benzene rings is 3. The SMILES string of the molecule is O=C(NCc1ccc(F)cc1)C(Cc1ccccc1)NS(=O)(=O)c1ccc(F)cc1. The third-order valence-electron chi connectivity index (χ3n) is 4.40. The predicted molar refractivity (Wildman–Crippen MR) is 109 cm³/mol. The van der Waals surface area contributed by atoms with Crippen LogP contribution in [-0.2, 0) is 27.8 Å². The van der Waals surface area contributed by atoms with E-state index < -0.39 is 27.8 Å². The number of carbonyl (C=O) groups is 1. The van der Waals surface area contributed by atoms with Crippen molar-refractivity contribution in [3.8, 4) is 0 Å². The van der Waals surface area contributed by atoms with Crippen molar-refractivity contribution in [3.05, 3.63) is 102 Å². The van der Waals surface area contributed by atoms with Crippen LogP contribution in [0.4, 0.5) is 8.78 Å². The van der Waals surface area contributed by atoms with Gasteiger partial charge in [0.1, 0.15) is 17.7 Å². The summed E-state index contributed by atoms with van der Waals surface area (Å²) >= 11 is 0. The molecule has 3 aromatic carbocycles. The Hall–Kier alpha value is -3.10. The second kappa shape index (κ2) is 9.60. The lowest BCUT2D eigenvalue weighted by atomic mass is 10.1. The fourth-order valence-corrected chi connectivity index (χ4v) is 4.02. The molecule has 0 fully saturated rings. The first-order valence-corrected chi connectivity index (χ1v) is 10.7. The van der Waals surface area contributed by atoms with Crippen LogP contribution in [0.15, 0.2) is 83.8 Å². The van der Waals surface area contributed by atoms with Crippen LogP contribution in [0.5, 0.6) is 0 Å². The molecule has 0 aromatic heterocycles. The van der Waals surface area contributed by atoms with Crippen molar-refractivity contribution < 1.29 is 22.0 Å². The lowest BCUT2D eigenvalue weighted by molar-refractivity contribution is -0.122. The Bertz CT molecular complexity index is 1090. The molecule has 0 aliphatic carbocycles. The zero-order valence-electron chi connectivity index (χ0n) is 15.9. The minimum absolute atomic E-state index is 0.114. The van der Waals surface area contributed by atoms with Crippen molar-refractivity contribution in [2.24, 2.45) is 0 Å². The van der Waals surface area contributed by atoms with Crippen LogP contribution in [0, 0.1) is 11.6 Å². The van der Waals surface area contributed by atoms with E-state index in [1.165, 1.54) is 24.3 Å². The highest BCUT2D eigenvalue weighted by Gasteiger charge is 2.26. The van der Waals surface area contributed by atoms with Gasteiger partial charge in [-0.05, 0) is 53.9 Å². The molecule has 8 heteroatoms. The molecule has 156 valence electrons. The van der Waals surface area contributed by atoms with Crippen LogP contribution in [0.25, 0.3) is 0 Å².